The summed E-state index contributed by atoms with van der Waals surface area (Å²) in [4.78, 5) is 7.16. The number of para-hydroxylation sites is 1. The Hall–Kier alpha value is -1.79. The number of hydrogen-bond acceptors (Lipinski definition) is 4. The monoisotopic (exact) mass is 361 g/mol. The molecule has 6 nitrogen and oxygen atoms in total. The molecule has 26 heavy (non-hydrogen) atoms. The van der Waals surface area contributed by atoms with E-state index in [0.29, 0.717) is 0 Å². The molecular weight excluding hydrogens is 330 g/mol. The van der Waals surface area contributed by atoms with Crippen molar-refractivity contribution in [2.75, 3.05) is 46.5 Å². The fourth-order valence-corrected chi connectivity index (χ4v) is 3.61. The molecule has 1 N–H and O–H groups in total. The van der Waals surface area contributed by atoms with Crippen LogP contribution in [0.25, 0.3) is 0 Å². The molecule has 0 radical (unpaired) electrons. The highest BCUT2D eigenvalue weighted by Gasteiger charge is 2.32. The Bertz CT molecular complexity index is 587. The average molecular weight is 361 g/mol. The van der Waals surface area contributed by atoms with Crippen molar-refractivity contribution in [2.45, 2.75) is 38.4 Å². The van der Waals surface area contributed by atoms with Gasteiger partial charge in [-0.15, -0.1) is 0 Å². The van der Waals surface area contributed by atoms with Crippen molar-refractivity contribution < 1.29 is 14.2 Å². The van der Waals surface area contributed by atoms with Crippen LogP contribution in [0.4, 0.5) is 0 Å². The van der Waals surface area contributed by atoms with Gasteiger partial charge in [0.2, 0.25) is 0 Å². The van der Waals surface area contributed by atoms with E-state index in [1.807, 2.05) is 18.2 Å². The second-order valence-corrected chi connectivity index (χ2v) is 6.70. The highest BCUT2D eigenvalue weighted by Crippen LogP contribution is 2.21. The van der Waals surface area contributed by atoms with Gasteiger partial charge in [0, 0.05) is 32.8 Å². The number of nitrogens with one attached hydrogen (secondary N) is 1. The number of guanidine groups is 1. The number of methoxy groups -OCH3 is 1. The molecule has 1 aromatic carbocycles. The van der Waals surface area contributed by atoms with Crippen LogP contribution in [-0.2, 0) is 15.9 Å². The summed E-state index contributed by atoms with van der Waals surface area (Å²) in [7, 11) is 1.71. The van der Waals surface area contributed by atoms with Crippen molar-refractivity contribution in [3.63, 3.8) is 0 Å². The number of rotatable bonds is 6. The van der Waals surface area contributed by atoms with Crippen molar-refractivity contribution >= 4 is 5.96 Å². The van der Waals surface area contributed by atoms with E-state index in [-0.39, 0.29) is 12.2 Å². The molecule has 2 unspecified atom stereocenters. The first kappa shape index (κ1) is 19.0. The Morgan fingerprint density at radius 2 is 2.12 bits per heavy atom. The van der Waals surface area contributed by atoms with E-state index in [0.717, 1.165) is 70.4 Å². The topological polar surface area (TPSA) is 55.3 Å². The summed E-state index contributed by atoms with van der Waals surface area (Å²) in [6.45, 7) is 6.97. The van der Waals surface area contributed by atoms with Gasteiger partial charge in [0.25, 0.3) is 0 Å². The molecule has 2 saturated heterocycles. The molecule has 0 spiro atoms. The smallest absolute Gasteiger partial charge is 0.194 e. The third kappa shape index (κ3) is 4.89. The third-order valence-electron chi connectivity index (χ3n) is 4.94. The van der Waals surface area contributed by atoms with Crippen molar-refractivity contribution in [1.82, 2.24) is 10.2 Å². The highest BCUT2D eigenvalue weighted by atomic mass is 16.5. The van der Waals surface area contributed by atoms with Crippen LogP contribution in [0.2, 0.25) is 0 Å². The van der Waals surface area contributed by atoms with Gasteiger partial charge >= 0.3 is 0 Å². The van der Waals surface area contributed by atoms with E-state index >= 15 is 0 Å². The third-order valence-corrected chi connectivity index (χ3v) is 4.94. The molecule has 0 aromatic heterocycles. The minimum absolute atomic E-state index is 0.143. The molecule has 1 aromatic rings. The van der Waals surface area contributed by atoms with Crippen LogP contribution in [0.15, 0.2) is 29.3 Å². The Kier molecular flexibility index (Phi) is 7.14. The first-order chi connectivity index (χ1) is 12.8. The minimum atomic E-state index is 0.143. The fourth-order valence-electron chi connectivity index (χ4n) is 3.61. The van der Waals surface area contributed by atoms with E-state index in [1.54, 1.807) is 7.11 Å². The predicted molar refractivity (Wildman–Crippen MR) is 103 cm³/mol. The van der Waals surface area contributed by atoms with E-state index < -0.39 is 0 Å². The number of nitrogens with zero attached hydrogens (tertiary/aromatic N) is 2. The summed E-state index contributed by atoms with van der Waals surface area (Å²) in [5, 5.41) is 3.43. The molecule has 3 rings (SSSR count). The SMILES string of the molecule is CCNC(=NCCc1ccccc1OC)N1CCOC(C2CCCO2)C1. The lowest BCUT2D eigenvalue weighted by Crippen LogP contribution is -2.53. The number of benzene rings is 1. The molecule has 2 fully saturated rings. The second kappa shape index (κ2) is 9.78. The molecule has 0 aliphatic carbocycles. The quantitative estimate of drug-likeness (QED) is 0.621. The predicted octanol–water partition coefficient (Wildman–Crippen LogP) is 2.08. The Labute approximate surface area is 156 Å². The summed E-state index contributed by atoms with van der Waals surface area (Å²) >= 11 is 0. The van der Waals surface area contributed by atoms with E-state index in [2.05, 4.69) is 23.2 Å². The first-order valence-corrected chi connectivity index (χ1v) is 9.70. The Morgan fingerprint density at radius 3 is 2.88 bits per heavy atom. The van der Waals surface area contributed by atoms with E-state index in [9.17, 15) is 0 Å². The van der Waals surface area contributed by atoms with Crippen LogP contribution in [-0.4, -0.2) is 69.6 Å². The molecule has 2 heterocycles. The molecule has 6 heteroatoms. The van der Waals surface area contributed by atoms with Gasteiger partial charge in [-0.3, -0.25) is 4.99 Å². The largest absolute Gasteiger partial charge is 0.496 e. The van der Waals surface area contributed by atoms with Gasteiger partial charge in [-0.1, -0.05) is 18.2 Å². The zero-order valence-corrected chi connectivity index (χ0v) is 15.9. The van der Waals surface area contributed by atoms with Crippen molar-refractivity contribution in [2.24, 2.45) is 4.99 Å². The summed E-state index contributed by atoms with van der Waals surface area (Å²) in [6.07, 6.45) is 3.47. The standard InChI is InChI=1S/C20H31N3O3/c1-3-21-20(22-11-10-16-7-4-5-8-17(16)24-2)23-12-14-26-19(15-23)18-9-6-13-25-18/h4-5,7-8,18-19H,3,6,9-15H2,1-2H3,(H,21,22). The highest BCUT2D eigenvalue weighted by molar-refractivity contribution is 5.80. The minimum Gasteiger partial charge on any atom is -0.496 e. The van der Waals surface area contributed by atoms with Crippen molar-refractivity contribution in [3.05, 3.63) is 29.8 Å². The molecule has 2 aliphatic heterocycles. The molecule has 0 bridgehead atoms. The normalized spacial score (nSPS) is 23.9. The van der Waals surface area contributed by atoms with E-state index in [1.165, 1.54) is 5.56 Å². The number of aliphatic imine (C=N–C) groups is 1. The molecule has 2 aliphatic rings. The molecule has 144 valence electrons. The Morgan fingerprint density at radius 1 is 1.27 bits per heavy atom. The van der Waals surface area contributed by atoms with Gasteiger partial charge in [0.1, 0.15) is 11.9 Å². The molecule has 0 saturated carbocycles. The van der Waals surface area contributed by atoms with Gasteiger partial charge < -0.3 is 24.4 Å². The van der Waals surface area contributed by atoms with Crippen LogP contribution in [0.5, 0.6) is 5.75 Å². The summed E-state index contributed by atoms with van der Waals surface area (Å²) < 4.78 is 17.2. The van der Waals surface area contributed by atoms with Gasteiger partial charge in [-0.05, 0) is 37.8 Å². The lowest BCUT2D eigenvalue weighted by molar-refractivity contribution is -0.0817. The summed E-state index contributed by atoms with van der Waals surface area (Å²) in [5.41, 5.74) is 1.19. The van der Waals surface area contributed by atoms with Crippen LogP contribution in [0.3, 0.4) is 0 Å². The number of ether oxygens (including phenoxy) is 3. The zero-order valence-electron chi connectivity index (χ0n) is 15.9. The maximum Gasteiger partial charge on any atom is 0.194 e. The zero-order chi connectivity index (χ0) is 18.2. The Balaban J connectivity index is 1.60. The molecular formula is C20H31N3O3. The van der Waals surface area contributed by atoms with Gasteiger partial charge in [-0.2, -0.15) is 0 Å². The van der Waals surface area contributed by atoms with Gasteiger partial charge in [0.05, 0.1) is 19.8 Å². The average Bonchev–Trinajstić information content (AvgIpc) is 3.23. The summed E-state index contributed by atoms with van der Waals surface area (Å²) in [5.74, 6) is 1.89. The van der Waals surface area contributed by atoms with Crippen LogP contribution in [0, 0.1) is 0 Å². The van der Waals surface area contributed by atoms with Crippen molar-refractivity contribution in [1.29, 1.82) is 0 Å². The molecule has 2 atom stereocenters. The maximum atomic E-state index is 5.96. The van der Waals surface area contributed by atoms with Crippen molar-refractivity contribution in [3.8, 4) is 5.75 Å². The van der Waals surface area contributed by atoms with Crippen LogP contribution >= 0.6 is 0 Å². The second-order valence-electron chi connectivity index (χ2n) is 6.70. The lowest BCUT2D eigenvalue weighted by atomic mass is 10.1. The first-order valence-electron chi connectivity index (χ1n) is 9.70. The lowest BCUT2D eigenvalue weighted by Gasteiger charge is -2.37. The van der Waals surface area contributed by atoms with E-state index in [4.69, 9.17) is 19.2 Å². The van der Waals surface area contributed by atoms with Gasteiger partial charge in [0.15, 0.2) is 5.96 Å². The van der Waals surface area contributed by atoms with Gasteiger partial charge in [-0.25, -0.2) is 0 Å². The van der Waals surface area contributed by atoms with Crippen LogP contribution in [0.1, 0.15) is 25.3 Å². The maximum absolute atomic E-state index is 5.96. The summed E-state index contributed by atoms with van der Waals surface area (Å²) in [6, 6.07) is 8.14. The number of morpholine rings is 1. The molecule has 0 amide bonds. The number of hydrogen-bond donors (Lipinski definition) is 1. The fraction of sp³-hybridized carbons (Fsp3) is 0.650. The van der Waals surface area contributed by atoms with Crippen LogP contribution < -0.4 is 10.1 Å².